The van der Waals surface area contributed by atoms with E-state index < -0.39 is 0 Å². The number of piperidine rings is 1. The molecular formula is C21H30N2O2. The van der Waals surface area contributed by atoms with Gasteiger partial charge in [-0.25, -0.2) is 0 Å². The van der Waals surface area contributed by atoms with E-state index in [9.17, 15) is 9.59 Å². The van der Waals surface area contributed by atoms with Crippen molar-refractivity contribution in [3.05, 3.63) is 35.4 Å². The van der Waals surface area contributed by atoms with Crippen LogP contribution in [0.4, 0.5) is 0 Å². The van der Waals surface area contributed by atoms with E-state index in [-0.39, 0.29) is 17.7 Å². The third-order valence-electron chi connectivity index (χ3n) is 5.72. The summed E-state index contributed by atoms with van der Waals surface area (Å²) in [5, 5.41) is 3.27. The van der Waals surface area contributed by atoms with Gasteiger partial charge in [0.15, 0.2) is 5.78 Å². The number of carbonyl (C=O) groups excluding carboxylic acids is 2. The number of Topliss-reactive ketones (excluding diaryl/α,β-unsaturated/α-hetero) is 1. The van der Waals surface area contributed by atoms with Crippen LogP contribution < -0.4 is 5.32 Å². The van der Waals surface area contributed by atoms with Gasteiger partial charge < -0.3 is 10.2 Å². The largest absolute Gasteiger partial charge is 0.349 e. The predicted molar refractivity (Wildman–Crippen MR) is 99.9 cm³/mol. The van der Waals surface area contributed by atoms with E-state index in [4.69, 9.17) is 0 Å². The number of hydrogen-bond acceptors (Lipinski definition) is 3. The van der Waals surface area contributed by atoms with Crippen LogP contribution in [0.2, 0.25) is 0 Å². The average Bonchev–Trinajstić information content (AvgIpc) is 2.64. The minimum atomic E-state index is -0.00866. The van der Waals surface area contributed by atoms with Crippen LogP contribution in [-0.4, -0.2) is 42.3 Å². The third-order valence-corrected chi connectivity index (χ3v) is 5.72. The Morgan fingerprint density at radius 3 is 2.28 bits per heavy atom. The lowest BCUT2D eigenvalue weighted by Gasteiger charge is -2.37. The summed E-state index contributed by atoms with van der Waals surface area (Å²) in [6, 6.07) is 7.27. The number of nitrogens with zero attached hydrogens (tertiary/aromatic N) is 1. The van der Waals surface area contributed by atoms with Gasteiger partial charge in [-0.1, -0.05) is 31.4 Å². The molecule has 2 atom stereocenters. The molecule has 4 heteroatoms. The molecule has 1 amide bonds. The van der Waals surface area contributed by atoms with Gasteiger partial charge in [0, 0.05) is 23.7 Å². The van der Waals surface area contributed by atoms with Crippen molar-refractivity contribution in [2.45, 2.75) is 57.9 Å². The van der Waals surface area contributed by atoms with Crippen LogP contribution >= 0.6 is 0 Å². The highest BCUT2D eigenvalue weighted by Crippen LogP contribution is 2.26. The number of carbonyl (C=O) groups is 2. The summed E-state index contributed by atoms with van der Waals surface area (Å²) >= 11 is 0. The van der Waals surface area contributed by atoms with Crippen LogP contribution in [0.25, 0.3) is 0 Å². The molecule has 0 spiro atoms. The van der Waals surface area contributed by atoms with E-state index in [0.717, 1.165) is 13.0 Å². The lowest BCUT2D eigenvalue weighted by Crippen LogP contribution is -2.47. The van der Waals surface area contributed by atoms with Gasteiger partial charge in [0.05, 0.1) is 0 Å². The van der Waals surface area contributed by atoms with Crippen molar-refractivity contribution >= 4 is 11.7 Å². The van der Waals surface area contributed by atoms with Gasteiger partial charge in [-0.15, -0.1) is 0 Å². The second-order valence-electron chi connectivity index (χ2n) is 7.62. The molecule has 1 aliphatic carbocycles. The maximum atomic E-state index is 12.6. The van der Waals surface area contributed by atoms with Crippen molar-refractivity contribution in [3.8, 4) is 0 Å². The molecule has 136 valence electrons. The van der Waals surface area contributed by atoms with E-state index >= 15 is 0 Å². The fraction of sp³-hybridized carbons (Fsp3) is 0.619. The average molecular weight is 342 g/mol. The van der Waals surface area contributed by atoms with Gasteiger partial charge in [0.25, 0.3) is 5.91 Å². The first-order valence-corrected chi connectivity index (χ1v) is 9.78. The fourth-order valence-electron chi connectivity index (χ4n) is 4.20. The molecule has 0 aromatic heterocycles. The smallest absolute Gasteiger partial charge is 0.251 e. The maximum Gasteiger partial charge on any atom is 0.251 e. The molecule has 1 saturated carbocycles. The normalized spacial score (nSPS) is 24.7. The summed E-state index contributed by atoms with van der Waals surface area (Å²) in [4.78, 5) is 26.6. The molecule has 2 aliphatic rings. The van der Waals surface area contributed by atoms with Crippen LogP contribution in [0.15, 0.2) is 24.3 Å². The number of likely N-dealkylation sites (tertiary alicyclic amines) is 1. The molecule has 1 aromatic rings. The molecule has 3 rings (SSSR count). The number of rotatable bonds is 5. The van der Waals surface area contributed by atoms with E-state index in [1.807, 2.05) is 0 Å². The Labute approximate surface area is 151 Å². The minimum Gasteiger partial charge on any atom is -0.349 e. The van der Waals surface area contributed by atoms with Crippen LogP contribution in [0.3, 0.4) is 0 Å². The van der Waals surface area contributed by atoms with Gasteiger partial charge in [-0.05, 0) is 63.7 Å². The van der Waals surface area contributed by atoms with E-state index in [1.165, 1.54) is 51.6 Å². The van der Waals surface area contributed by atoms with Gasteiger partial charge in [-0.2, -0.15) is 0 Å². The van der Waals surface area contributed by atoms with Crippen molar-refractivity contribution in [3.63, 3.8) is 0 Å². The second-order valence-corrected chi connectivity index (χ2v) is 7.62. The predicted octanol–water partition coefficient (Wildman–Crippen LogP) is 3.66. The molecule has 4 nitrogen and oxygen atoms in total. The fourth-order valence-corrected chi connectivity index (χ4v) is 4.20. The Morgan fingerprint density at radius 1 is 0.960 bits per heavy atom. The highest BCUT2D eigenvalue weighted by atomic mass is 16.1. The molecule has 25 heavy (non-hydrogen) atoms. The lowest BCUT2D eigenvalue weighted by molar-refractivity contribution is 0.0876. The lowest BCUT2D eigenvalue weighted by atomic mass is 9.83. The van der Waals surface area contributed by atoms with Crippen molar-refractivity contribution in [2.24, 2.45) is 5.92 Å². The Balaban J connectivity index is 1.60. The van der Waals surface area contributed by atoms with Crippen molar-refractivity contribution < 1.29 is 9.59 Å². The van der Waals surface area contributed by atoms with Gasteiger partial charge in [0.2, 0.25) is 0 Å². The molecule has 1 unspecified atom stereocenters. The maximum absolute atomic E-state index is 12.6. The first-order valence-electron chi connectivity index (χ1n) is 9.78. The zero-order valence-electron chi connectivity index (χ0n) is 15.3. The molecule has 1 aliphatic heterocycles. The first-order chi connectivity index (χ1) is 12.1. The van der Waals surface area contributed by atoms with Crippen molar-refractivity contribution in [2.75, 3.05) is 19.6 Å². The topological polar surface area (TPSA) is 49.4 Å². The number of hydrogen-bond donors (Lipinski definition) is 1. The molecule has 1 N–H and O–H groups in total. The van der Waals surface area contributed by atoms with E-state index in [2.05, 4.69) is 10.2 Å². The summed E-state index contributed by atoms with van der Waals surface area (Å²) in [5.74, 6) is 0.582. The zero-order valence-corrected chi connectivity index (χ0v) is 15.3. The summed E-state index contributed by atoms with van der Waals surface area (Å²) < 4.78 is 0. The van der Waals surface area contributed by atoms with Crippen molar-refractivity contribution in [1.82, 2.24) is 10.2 Å². The Morgan fingerprint density at radius 2 is 1.60 bits per heavy atom. The van der Waals surface area contributed by atoms with E-state index in [1.54, 1.807) is 31.2 Å². The Kier molecular flexibility index (Phi) is 6.24. The summed E-state index contributed by atoms with van der Waals surface area (Å²) in [7, 11) is 0. The van der Waals surface area contributed by atoms with Crippen LogP contribution in [0.1, 0.15) is 72.6 Å². The standard InChI is InChI=1S/C21H30N2O2/c1-16(24)17-9-11-18(12-10-17)21(25)22-20-8-4-3-7-19(20)15-23-13-5-2-6-14-23/h9-12,19-20H,2-8,13-15H2,1H3,(H,22,25)/t19-,20?/m0/s1. The highest BCUT2D eigenvalue weighted by Gasteiger charge is 2.28. The van der Waals surface area contributed by atoms with Crippen LogP contribution in [0.5, 0.6) is 0 Å². The van der Waals surface area contributed by atoms with E-state index in [0.29, 0.717) is 17.0 Å². The number of nitrogens with one attached hydrogen (secondary N) is 1. The van der Waals surface area contributed by atoms with Gasteiger partial charge >= 0.3 is 0 Å². The Hall–Kier alpha value is -1.68. The van der Waals surface area contributed by atoms with Gasteiger partial charge in [0.1, 0.15) is 0 Å². The molecule has 0 bridgehead atoms. The molecule has 0 radical (unpaired) electrons. The molecular weight excluding hydrogens is 312 g/mol. The second kappa shape index (κ2) is 8.61. The number of benzene rings is 1. The summed E-state index contributed by atoms with van der Waals surface area (Å²) in [6.45, 7) is 5.09. The van der Waals surface area contributed by atoms with Crippen LogP contribution in [0, 0.1) is 5.92 Å². The molecule has 1 heterocycles. The summed E-state index contributed by atoms with van der Waals surface area (Å²) in [6.07, 6.45) is 8.75. The number of ketones is 1. The molecule has 1 saturated heterocycles. The molecule has 2 fully saturated rings. The summed E-state index contributed by atoms with van der Waals surface area (Å²) in [5.41, 5.74) is 1.30. The molecule has 1 aromatic carbocycles. The quantitative estimate of drug-likeness (QED) is 0.831. The van der Waals surface area contributed by atoms with Gasteiger partial charge in [-0.3, -0.25) is 9.59 Å². The monoisotopic (exact) mass is 342 g/mol. The third kappa shape index (κ3) is 4.91. The SMILES string of the molecule is CC(=O)c1ccc(C(=O)NC2CCCC[C@H]2CN2CCCCC2)cc1. The van der Waals surface area contributed by atoms with Crippen molar-refractivity contribution in [1.29, 1.82) is 0 Å². The minimum absolute atomic E-state index is 0.00866. The highest BCUT2D eigenvalue weighted by molar-refractivity contribution is 5.97. The zero-order chi connectivity index (χ0) is 17.6. The number of amides is 1. The first kappa shape index (κ1) is 18.1. The van der Waals surface area contributed by atoms with Crippen LogP contribution in [-0.2, 0) is 0 Å². The Bertz CT molecular complexity index is 590.